The van der Waals surface area contributed by atoms with E-state index in [2.05, 4.69) is 5.32 Å². The maximum Gasteiger partial charge on any atom is 0.410 e. The van der Waals surface area contributed by atoms with Crippen molar-refractivity contribution in [3.05, 3.63) is 0 Å². The minimum Gasteiger partial charge on any atom is -0.444 e. The lowest BCUT2D eigenvalue weighted by Crippen LogP contribution is -2.43. The van der Waals surface area contributed by atoms with Gasteiger partial charge in [0.05, 0.1) is 0 Å². The molecule has 2 bridgehead atoms. The maximum atomic E-state index is 11.9. The maximum absolute atomic E-state index is 11.9. The molecular weight excluding hydrogens is 192 g/mol. The molecule has 2 atom stereocenters. The van der Waals surface area contributed by atoms with Gasteiger partial charge in [0.15, 0.2) is 0 Å². The molecule has 4 heteroatoms. The third-order valence-electron chi connectivity index (χ3n) is 2.94. The molecule has 0 aliphatic carbocycles. The third-order valence-corrected chi connectivity index (χ3v) is 2.94. The van der Waals surface area contributed by atoms with Crippen LogP contribution < -0.4 is 5.32 Å². The Hall–Kier alpha value is -0.770. The van der Waals surface area contributed by atoms with Crippen LogP contribution in [0.1, 0.15) is 27.2 Å². The fourth-order valence-electron chi connectivity index (χ4n) is 2.35. The lowest BCUT2D eigenvalue weighted by molar-refractivity contribution is 0.0231. The van der Waals surface area contributed by atoms with Crippen LogP contribution in [0.15, 0.2) is 0 Å². The fourth-order valence-corrected chi connectivity index (χ4v) is 2.35. The Morgan fingerprint density at radius 3 is 2.73 bits per heavy atom. The quantitative estimate of drug-likeness (QED) is 0.656. The average molecular weight is 212 g/mol. The van der Waals surface area contributed by atoms with Gasteiger partial charge < -0.3 is 15.0 Å². The molecule has 2 aliphatic rings. The van der Waals surface area contributed by atoms with Crippen molar-refractivity contribution in [1.29, 1.82) is 0 Å². The van der Waals surface area contributed by atoms with E-state index >= 15 is 0 Å². The first-order valence-electron chi connectivity index (χ1n) is 5.66. The summed E-state index contributed by atoms with van der Waals surface area (Å²) in [5.41, 5.74) is -0.388. The predicted octanol–water partition coefficient (Wildman–Crippen LogP) is 1.22. The minimum atomic E-state index is -0.388. The Bertz CT molecular complexity index is 260. The Balaban J connectivity index is 1.96. The number of hydrogen-bond donors (Lipinski definition) is 1. The van der Waals surface area contributed by atoms with E-state index < -0.39 is 0 Å². The summed E-state index contributed by atoms with van der Waals surface area (Å²) in [7, 11) is 0. The van der Waals surface area contributed by atoms with E-state index in [1.807, 2.05) is 25.7 Å². The van der Waals surface area contributed by atoms with Gasteiger partial charge in [0.2, 0.25) is 0 Å². The van der Waals surface area contributed by atoms with Crippen molar-refractivity contribution in [3.63, 3.8) is 0 Å². The van der Waals surface area contributed by atoms with Gasteiger partial charge in [-0.25, -0.2) is 4.79 Å². The molecule has 0 radical (unpaired) electrons. The number of carbonyl (C=O) groups excluding carboxylic acids is 1. The van der Waals surface area contributed by atoms with Gasteiger partial charge in [-0.1, -0.05) is 0 Å². The van der Waals surface area contributed by atoms with E-state index in [1.165, 1.54) is 0 Å². The standard InChI is InChI=1S/C11H20N2O2/c1-11(2,3)15-10(14)13-7-8-4-9(13)6-12-5-8/h8-9,12H,4-7H2,1-3H3/t8?,9-/m1/s1. The van der Waals surface area contributed by atoms with Crippen molar-refractivity contribution in [1.82, 2.24) is 10.2 Å². The van der Waals surface area contributed by atoms with Crippen LogP contribution in [0.2, 0.25) is 0 Å². The van der Waals surface area contributed by atoms with Crippen LogP contribution in [0.5, 0.6) is 0 Å². The second-order valence-electron chi connectivity index (χ2n) is 5.55. The van der Waals surface area contributed by atoms with Gasteiger partial charge in [-0.05, 0) is 39.7 Å². The number of rotatable bonds is 0. The van der Waals surface area contributed by atoms with Crippen LogP contribution in [0.4, 0.5) is 4.79 Å². The zero-order valence-electron chi connectivity index (χ0n) is 9.75. The van der Waals surface area contributed by atoms with Crippen LogP contribution >= 0.6 is 0 Å². The average Bonchev–Trinajstić information content (AvgIpc) is 2.38. The van der Waals surface area contributed by atoms with Gasteiger partial charge in [0, 0.05) is 19.1 Å². The Labute approximate surface area is 91.0 Å². The number of fused-ring (bicyclic) bond motifs is 2. The topological polar surface area (TPSA) is 41.6 Å². The van der Waals surface area contributed by atoms with Gasteiger partial charge >= 0.3 is 6.09 Å². The number of nitrogens with one attached hydrogen (secondary N) is 1. The summed E-state index contributed by atoms with van der Waals surface area (Å²) >= 11 is 0. The summed E-state index contributed by atoms with van der Waals surface area (Å²) in [6, 6.07) is 0.346. The Morgan fingerprint density at radius 2 is 2.13 bits per heavy atom. The first-order valence-corrected chi connectivity index (χ1v) is 5.66. The van der Waals surface area contributed by atoms with E-state index in [4.69, 9.17) is 4.74 Å². The third kappa shape index (κ3) is 2.43. The van der Waals surface area contributed by atoms with Crippen molar-refractivity contribution in [2.75, 3.05) is 19.6 Å². The molecule has 2 fully saturated rings. The van der Waals surface area contributed by atoms with Gasteiger partial charge in [0.25, 0.3) is 0 Å². The predicted molar refractivity (Wildman–Crippen MR) is 57.7 cm³/mol. The zero-order valence-corrected chi connectivity index (χ0v) is 9.75. The molecule has 86 valence electrons. The lowest BCUT2D eigenvalue weighted by Gasteiger charge is -2.28. The second kappa shape index (κ2) is 3.67. The molecule has 2 aliphatic heterocycles. The van der Waals surface area contributed by atoms with Gasteiger partial charge in [-0.3, -0.25) is 0 Å². The number of hydrogen-bond acceptors (Lipinski definition) is 3. The molecule has 15 heavy (non-hydrogen) atoms. The summed E-state index contributed by atoms with van der Waals surface area (Å²) in [6.45, 7) is 8.53. The molecule has 0 saturated carbocycles. The molecular formula is C11H20N2O2. The van der Waals surface area contributed by atoms with Crippen molar-refractivity contribution >= 4 is 6.09 Å². The van der Waals surface area contributed by atoms with E-state index in [0.717, 1.165) is 26.1 Å². The van der Waals surface area contributed by atoms with Crippen molar-refractivity contribution in [2.45, 2.75) is 38.8 Å². The van der Waals surface area contributed by atoms with Crippen LogP contribution in [0, 0.1) is 5.92 Å². The number of ether oxygens (including phenoxy) is 1. The number of nitrogens with zero attached hydrogens (tertiary/aromatic N) is 1. The normalized spacial score (nSPS) is 30.5. The van der Waals surface area contributed by atoms with Crippen molar-refractivity contribution in [2.24, 2.45) is 5.92 Å². The highest BCUT2D eigenvalue weighted by Gasteiger charge is 2.39. The number of carbonyl (C=O) groups is 1. The van der Waals surface area contributed by atoms with E-state index in [9.17, 15) is 4.79 Å². The van der Waals surface area contributed by atoms with E-state index in [0.29, 0.717) is 12.0 Å². The highest BCUT2D eigenvalue weighted by atomic mass is 16.6. The second-order valence-corrected chi connectivity index (χ2v) is 5.55. The largest absolute Gasteiger partial charge is 0.444 e. The molecule has 0 spiro atoms. The molecule has 4 nitrogen and oxygen atoms in total. The molecule has 0 aromatic rings. The van der Waals surface area contributed by atoms with E-state index in [1.54, 1.807) is 0 Å². The molecule has 1 amide bonds. The van der Waals surface area contributed by atoms with Crippen LogP contribution in [-0.2, 0) is 4.74 Å². The van der Waals surface area contributed by atoms with Crippen molar-refractivity contribution < 1.29 is 9.53 Å². The summed E-state index contributed by atoms with van der Waals surface area (Å²) in [4.78, 5) is 13.8. The van der Waals surface area contributed by atoms with Gasteiger partial charge in [-0.15, -0.1) is 0 Å². The van der Waals surface area contributed by atoms with E-state index in [-0.39, 0.29) is 11.7 Å². The summed E-state index contributed by atoms with van der Waals surface area (Å²) in [5.74, 6) is 0.622. The molecule has 1 unspecified atom stereocenters. The monoisotopic (exact) mass is 212 g/mol. The highest BCUT2D eigenvalue weighted by molar-refractivity contribution is 5.69. The van der Waals surface area contributed by atoms with Gasteiger partial charge in [0.1, 0.15) is 5.60 Å². The molecule has 2 heterocycles. The first kappa shape index (κ1) is 10.7. The summed E-state index contributed by atoms with van der Waals surface area (Å²) < 4.78 is 5.39. The van der Waals surface area contributed by atoms with Crippen LogP contribution in [0.25, 0.3) is 0 Å². The summed E-state index contributed by atoms with van der Waals surface area (Å²) in [6.07, 6.45) is 0.977. The highest BCUT2D eigenvalue weighted by Crippen LogP contribution is 2.27. The fraction of sp³-hybridized carbons (Fsp3) is 0.909. The first-order chi connectivity index (χ1) is 6.96. The number of piperidine rings is 1. The SMILES string of the molecule is CC(C)(C)OC(=O)N1CC2CNC[C@H]1C2. The van der Waals surface area contributed by atoms with Crippen LogP contribution in [-0.4, -0.2) is 42.3 Å². The summed E-state index contributed by atoms with van der Waals surface area (Å²) in [5, 5.41) is 3.35. The Morgan fingerprint density at radius 1 is 1.40 bits per heavy atom. The number of likely N-dealkylation sites (tertiary alicyclic amines) is 1. The Kier molecular flexibility index (Phi) is 2.63. The number of amides is 1. The zero-order chi connectivity index (χ0) is 11.1. The van der Waals surface area contributed by atoms with Crippen LogP contribution in [0.3, 0.4) is 0 Å². The smallest absolute Gasteiger partial charge is 0.410 e. The molecule has 1 N–H and O–H groups in total. The lowest BCUT2D eigenvalue weighted by atomic mass is 10.0. The molecule has 2 rings (SSSR count). The molecule has 0 aromatic heterocycles. The molecule has 2 saturated heterocycles. The van der Waals surface area contributed by atoms with Gasteiger partial charge in [-0.2, -0.15) is 0 Å². The molecule has 0 aromatic carbocycles. The minimum absolute atomic E-state index is 0.154. The van der Waals surface area contributed by atoms with Crippen molar-refractivity contribution in [3.8, 4) is 0 Å².